The molecular formula is C14H22N2O2S. The Morgan fingerprint density at radius 3 is 2.58 bits per heavy atom. The Hall–Kier alpha value is -0.710. The fourth-order valence-corrected chi connectivity index (χ4v) is 4.39. The Morgan fingerprint density at radius 1 is 1.32 bits per heavy atom. The second kappa shape index (κ2) is 5.00. The van der Waals surface area contributed by atoms with Crippen LogP contribution in [0.25, 0.3) is 0 Å². The predicted octanol–water partition coefficient (Wildman–Crippen LogP) is 1.40. The summed E-state index contributed by atoms with van der Waals surface area (Å²) in [5, 5.41) is 2.88. The average Bonchev–Trinajstić information content (AvgIpc) is 3.14. The third-order valence-electron chi connectivity index (χ3n) is 4.75. The van der Waals surface area contributed by atoms with Gasteiger partial charge in [0.1, 0.15) is 6.04 Å². The number of hydrogen-bond acceptors (Lipinski definition) is 3. The van der Waals surface area contributed by atoms with Crippen LogP contribution in [0.5, 0.6) is 0 Å². The lowest BCUT2D eigenvalue weighted by atomic mass is 10.0. The molecule has 4 nitrogen and oxygen atoms in total. The minimum atomic E-state index is -0.235. The summed E-state index contributed by atoms with van der Waals surface area (Å²) in [6.45, 7) is 1.01. The Kier molecular flexibility index (Phi) is 3.50. The normalized spacial score (nSPS) is 30.6. The first-order chi connectivity index (χ1) is 9.13. The minimum Gasteiger partial charge on any atom is -0.342 e. The van der Waals surface area contributed by atoms with E-state index in [4.69, 9.17) is 0 Å². The van der Waals surface area contributed by atoms with Gasteiger partial charge >= 0.3 is 0 Å². The summed E-state index contributed by atoms with van der Waals surface area (Å²) in [7, 11) is 0. The molecule has 3 rings (SSSR count). The van der Waals surface area contributed by atoms with Gasteiger partial charge in [-0.05, 0) is 37.9 Å². The second-order valence-electron chi connectivity index (χ2n) is 6.17. The highest BCUT2D eigenvalue weighted by atomic mass is 32.2. The summed E-state index contributed by atoms with van der Waals surface area (Å²) in [5.41, 5.74) is 0. The topological polar surface area (TPSA) is 49.4 Å². The van der Waals surface area contributed by atoms with Crippen molar-refractivity contribution in [3.05, 3.63) is 0 Å². The molecule has 2 saturated carbocycles. The van der Waals surface area contributed by atoms with Gasteiger partial charge < -0.3 is 10.2 Å². The number of rotatable bonds is 4. The van der Waals surface area contributed by atoms with E-state index in [-0.39, 0.29) is 29.1 Å². The number of amides is 2. The van der Waals surface area contributed by atoms with Crippen molar-refractivity contribution in [2.24, 2.45) is 5.92 Å². The summed E-state index contributed by atoms with van der Waals surface area (Å²) < 4.78 is 0.196. The van der Waals surface area contributed by atoms with Crippen LogP contribution in [0, 0.1) is 5.92 Å². The van der Waals surface area contributed by atoms with Crippen molar-refractivity contribution in [1.82, 2.24) is 10.2 Å². The quantitative estimate of drug-likeness (QED) is 0.848. The molecule has 0 radical (unpaired) electrons. The van der Waals surface area contributed by atoms with Crippen molar-refractivity contribution in [3.8, 4) is 0 Å². The van der Waals surface area contributed by atoms with Crippen LogP contribution in [0.2, 0.25) is 0 Å². The number of hydrogen-bond donors (Lipinski definition) is 1. The summed E-state index contributed by atoms with van der Waals surface area (Å²) in [6, 6.07) is -0.235. The molecule has 5 heteroatoms. The molecular weight excluding hydrogens is 260 g/mol. The summed E-state index contributed by atoms with van der Waals surface area (Å²) in [4.78, 5) is 26.1. The van der Waals surface area contributed by atoms with E-state index in [2.05, 4.69) is 11.6 Å². The molecule has 2 amide bonds. The van der Waals surface area contributed by atoms with Crippen LogP contribution in [0.1, 0.15) is 38.5 Å². The van der Waals surface area contributed by atoms with E-state index < -0.39 is 0 Å². The van der Waals surface area contributed by atoms with Crippen LogP contribution in [0.3, 0.4) is 0 Å². The van der Waals surface area contributed by atoms with Gasteiger partial charge in [0.25, 0.3) is 0 Å². The van der Waals surface area contributed by atoms with Gasteiger partial charge in [-0.3, -0.25) is 9.59 Å². The van der Waals surface area contributed by atoms with E-state index in [1.165, 1.54) is 25.7 Å². The zero-order valence-corrected chi connectivity index (χ0v) is 12.3. The first-order valence-corrected chi connectivity index (χ1v) is 8.49. The van der Waals surface area contributed by atoms with Gasteiger partial charge in [0.05, 0.1) is 6.54 Å². The molecule has 1 aliphatic heterocycles. The Morgan fingerprint density at radius 2 is 2.00 bits per heavy atom. The predicted molar refractivity (Wildman–Crippen MR) is 75.9 cm³/mol. The maximum absolute atomic E-state index is 12.5. The molecule has 0 aromatic heterocycles. The van der Waals surface area contributed by atoms with E-state index in [1.807, 2.05) is 16.7 Å². The van der Waals surface area contributed by atoms with Crippen molar-refractivity contribution in [3.63, 3.8) is 0 Å². The Bertz CT molecular complexity index is 389. The molecule has 2 aliphatic carbocycles. The SMILES string of the molecule is CSC1(CN2CC(=O)NC(C3CC3)C2=O)CCCC1. The molecule has 1 heterocycles. The van der Waals surface area contributed by atoms with Crippen molar-refractivity contribution < 1.29 is 9.59 Å². The molecule has 0 bridgehead atoms. The molecule has 3 fully saturated rings. The second-order valence-corrected chi connectivity index (χ2v) is 7.45. The third-order valence-corrected chi connectivity index (χ3v) is 6.15. The lowest BCUT2D eigenvalue weighted by Crippen LogP contribution is -2.60. The van der Waals surface area contributed by atoms with E-state index in [0.29, 0.717) is 5.92 Å². The maximum atomic E-state index is 12.5. The highest BCUT2D eigenvalue weighted by Crippen LogP contribution is 2.41. The van der Waals surface area contributed by atoms with E-state index >= 15 is 0 Å². The average molecular weight is 282 g/mol. The van der Waals surface area contributed by atoms with Crippen LogP contribution in [0.4, 0.5) is 0 Å². The standard InChI is InChI=1S/C14H22N2O2S/c1-19-14(6-2-3-7-14)9-16-8-11(17)15-12(13(16)18)10-4-5-10/h10,12H,2-9H2,1H3,(H,15,17). The zero-order chi connectivity index (χ0) is 13.5. The van der Waals surface area contributed by atoms with Gasteiger partial charge in [0.15, 0.2) is 0 Å². The fourth-order valence-electron chi connectivity index (χ4n) is 3.41. The highest BCUT2D eigenvalue weighted by Gasteiger charge is 2.45. The number of nitrogens with one attached hydrogen (secondary N) is 1. The van der Waals surface area contributed by atoms with E-state index in [9.17, 15) is 9.59 Å². The summed E-state index contributed by atoms with van der Waals surface area (Å²) in [6.07, 6.45) is 9.15. The molecule has 1 saturated heterocycles. The third kappa shape index (κ3) is 2.62. The van der Waals surface area contributed by atoms with Crippen molar-refractivity contribution >= 4 is 23.6 Å². The smallest absolute Gasteiger partial charge is 0.245 e. The van der Waals surface area contributed by atoms with Crippen molar-refractivity contribution in [2.45, 2.75) is 49.3 Å². The molecule has 0 aromatic rings. The minimum absolute atomic E-state index is 0.0192. The lowest BCUT2D eigenvalue weighted by Gasteiger charge is -2.38. The zero-order valence-electron chi connectivity index (χ0n) is 11.5. The van der Waals surface area contributed by atoms with Gasteiger partial charge in [0.2, 0.25) is 11.8 Å². The molecule has 106 valence electrons. The van der Waals surface area contributed by atoms with Gasteiger partial charge in [0, 0.05) is 11.3 Å². The van der Waals surface area contributed by atoms with Crippen LogP contribution >= 0.6 is 11.8 Å². The molecule has 1 N–H and O–H groups in total. The van der Waals surface area contributed by atoms with Gasteiger partial charge in [-0.2, -0.15) is 11.8 Å². The number of carbonyl (C=O) groups excluding carboxylic acids is 2. The van der Waals surface area contributed by atoms with E-state index in [1.54, 1.807) is 0 Å². The Labute approximate surface area is 118 Å². The van der Waals surface area contributed by atoms with Crippen LogP contribution in [0.15, 0.2) is 0 Å². The summed E-state index contributed by atoms with van der Waals surface area (Å²) in [5.74, 6) is 0.571. The van der Waals surface area contributed by atoms with Crippen molar-refractivity contribution in [1.29, 1.82) is 0 Å². The van der Waals surface area contributed by atoms with Gasteiger partial charge in [-0.1, -0.05) is 12.8 Å². The van der Waals surface area contributed by atoms with Crippen LogP contribution in [-0.4, -0.2) is 46.8 Å². The molecule has 3 aliphatic rings. The number of piperazine rings is 1. The molecule has 1 unspecified atom stereocenters. The number of carbonyl (C=O) groups is 2. The number of nitrogens with zero attached hydrogens (tertiary/aromatic N) is 1. The largest absolute Gasteiger partial charge is 0.342 e. The van der Waals surface area contributed by atoms with Gasteiger partial charge in [-0.25, -0.2) is 0 Å². The van der Waals surface area contributed by atoms with Crippen molar-refractivity contribution in [2.75, 3.05) is 19.3 Å². The summed E-state index contributed by atoms with van der Waals surface area (Å²) >= 11 is 1.88. The highest BCUT2D eigenvalue weighted by molar-refractivity contribution is 8.00. The fraction of sp³-hybridized carbons (Fsp3) is 0.857. The first kappa shape index (κ1) is 13.3. The maximum Gasteiger partial charge on any atom is 0.245 e. The lowest BCUT2D eigenvalue weighted by molar-refractivity contribution is -0.145. The molecule has 19 heavy (non-hydrogen) atoms. The molecule has 0 aromatic carbocycles. The molecule has 1 atom stereocenters. The molecule has 0 spiro atoms. The van der Waals surface area contributed by atoms with E-state index in [0.717, 1.165) is 19.4 Å². The monoisotopic (exact) mass is 282 g/mol. The first-order valence-electron chi connectivity index (χ1n) is 7.27. The number of thioether (sulfide) groups is 1. The van der Waals surface area contributed by atoms with Crippen LogP contribution < -0.4 is 5.32 Å². The van der Waals surface area contributed by atoms with Crippen LogP contribution in [-0.2, 0) is 9.59 Å². The Balaban J connectivity index is 1.71. The van der Waals surface area contributed by atoms with Gasteiger partial charge in [-0.15, -0.1) is 0 Å².